The summed E-state index contributed by atoms with van der Waals surface area (Å²) in [5.41, 5.74) is 0. The van der Waals surface area contributed by atoms with Crippen molar-refractivity contribution in [1.82, 2.24) is 5.32 Å². The maximum absolute atomic E-state index is 10.4. The minimum atomic E-state index is -0.537. The van der Waals surface area contributed by atoms with Crippen molar-refractivity contribution in [3.8, 4) is 0 Å². The molecule has 70 valence electrons. The van der Waals surface area contributed by atoms with Gasteiger partial charge in [0, 0.05) is 6.54 Å². The maximum atomic E-state index is 10.4. The minimum absolute atomic E-state index is 0.126. The average molecular weight is 177 g/mol. The van der Waals surface area contributed by atoms with Crippen molar-refractivity contribution < 1.29 is 24.2 Å². The van der Waals surface area contributed by atoms with Gasteiger partial charge in [0.1, 0.15) is 6.61 Å². The van der Waals surface area contributed by atoms with Gasteiger partial charge in [-0.2, -0.15) is 0 Å². The molecule has 0 heterocycles. The number of nitrogens with one attached hydrogen (secondary N) is 1. The maximum Gasteiger partial charge on any atom is 0.295 e. The zero-order chi connectivity index (χ0) is 9.23. The lowest BCUT2D eigenvalue weighted by Gasteiger charge is -2.03. The van der Waals surface area contributed by atoms with Gasteiger partial charge in [0.15, 0.2) is 6.79 Å². The van der Waals surface area contributed by atoms with E-state index in [0.717, 1.165) is 0 Å². The molecule has 1 amide bonds. The molecule has 0 saturated heterocycles. The van der Waals surface area contributed by atoms with E-state index in [1.165, 1.54) is 0 Å². The number of ether oxygens (including phenoxy) is 2. The molecular formula is C6H11NO5. The van der Waals surface area contributed by atoms with Gasteiger partial charge in [-0.15, -0.1) is 0 Å². The molecule has 6 heteroatoms. The molecule has 0 fully saturated rings. The average Bonchev–Trinajstić information content (AvgIpc) is 2.10. The third-order valence-corrected chi connectivity index (χ3v) is 0.932. The fourth-order valence-electron chi connectivity index (χ4n) is 0.453. The van der Waals surface area contributed by atoms with Crippen LogP contribution in [0.15, 0.2) is 0 Å². The highest BCUT2D eigenvalue weighted by Crippen LogP contribution is 1.73. The largest absolute Gasteiger partial charge is 0.441 e. The summed E-state index contributed by atoms with van der Waals surface area (Å²) in [4.78, 5) is 20.0. The highest BCUT2D eigenvalue weighted by atomic mass is 16.7. The number of aliphatic hydroxyl groups excluding tert-OH is 1. The fourth-order valence-corrected chi connectivity index (χ4v) is 0.453. The molecule has 0 unspecified atom stereocenters. The van der Waals surface area contributed by atoms with Gasteiger partial charge in [0.2, 0.25) is 5.91 Å². The molecule has 0 aliphatic heterocycles. The van der Waals surface area contributed by atoms with Gasteiger partial charge in [-0.1, -0.05) is 0 Å². The predicted octanol–water partition coefficient (Wildman–Crippen LogP) is -1.76. The molecule has 0 aliphatic rings. The lowest BCUT2D eigenvalue weighted by atomic mass is 10.6. The van der Waals surface area contributed by atoms with E-state index in [4.69, 9.17) is 9.84 Å². The zero-order valence-corrected chi connectivity index (χ0v) is 6.49. The van der Waals surface area contributed by atoms with Crippen LogP contribution in [0, 0.1) is 0 Å². The smallest absolute Gasteiger partial charge is 0.295 e. The predicted molar refractivity (Wildman–Crippen MR) is 38.1 cm³/mol. The summed E-state index contributed by atoms with van der Waals surface area (Å²) in [7, 11) is 0. The van der Waals surface area contributed by atoms with Crippen LogP contribution in [-0.4, -0.2) is 44.0 Å². The zero-order valence-electron chi connectivity index (χ0n) is 6.49. The van der Waals surface area contributed by atoms with Crippen molar-refractivity contribution >= 4 is 12.4 Å². The Balaban J connectivity index is 3.00. The van der Waals surface area contributed by atoms with E-state index in [0.29, 0.717) is 0 Å². The first-order valence-electron chi connectivity index (χ1n) is 3.31. The number of hydrogen-bond acceptors (Lipinski definition) is 5. The third kappa shape index (κ3) is 6.97. The molecule has 0 radical (unpaired) electrons. The normalized spacial score (nSPS) is 9.08. The second-order valence-corrected chi connectivity index (χ2v) is 1.80. The molecule has 0 bridgehead atoms. The molecular weight excluding hydrogens is 166 g/mol. The number of carbonyl (C=O) groups is 2. The van der Waals surface area contributed by atoms with E-state index < -0.39 is 12.5 Å². The number of amides is 1. The summed E-state index contributed by atoms with van der Waals surface area (Å²) in [5, 5.41) is 10.6. The first kappa shape index (κ1) is 10.9. The van der Waals surface area contributed by atoms with Gasteiger partial charge in [0.25, 0.3) is 6.47 Å². The minimum Gasteiger partial charge on any atom is -0.441 e. The molecule has 0 rings (SSSR count). The summed E-state index contributed by atoms with van der Waals surface area (Å²) < 4.78 is 8.92. The van der Waals surface area contributed by atoms with Crippen LogP contribution in [0.4, 0.5) is 0 Å². The van der Waals surface area contributed by atoms with Gasteiger partial charge in [-0.25, -0.2) is 0 Å². The highest BCUT2D eigenvalue weighted by molar-refractivity contribution is 5.76. The van der Waals surface area contributed by atoms with E-state index >= 15 is 0 Å². The Hall–Kier alpha value is -1.14. The molecule has 0 aromatic carbocycles. The van der Waals surface area contributed by atoms with Crippen LogP contribution in [-0.2, 0) is 19.1 Å². The third-order valence-electron chi connectivity index (χ3n) is 0.932. The molecule has 0 saturated carbocycles. The Kier molecular flexibility index (Phi) is 7.21. The Labute approximate surface area is 69.5 Å². The van der Waals surface area contributed by atoms with Crippen LogP contribution < -0.4 is 5.32 Å². The van der Waals surface area contributed by atoms with Gasteiger partial charge < -0.3 is 19.9 Å². The molecule has 0 aromatic heterocycles. The SMILES string of the molecule is O=COCOCCNC(=O)CO. The molecule has 0 aromatic rings. The van der Waals surface area contributed by atoms with Crippen molar-refractivity contribution in [2.75, 3.05) is 26.6 Å². The summed E-state index contributed by atoms with van der Waals surface area (Å²) in [5.74, 6) is -0.463. The number of hydrogen-bond donors (Lipinski definition) is 2. The Morgan fingerprint density at radius 1 is 1.58 bits per heavy atom. The second-order valence-electron chi connectivity index (χ2n) is 1.80. The van der Waals surface area contributed by atoms with Crippen molar-refractivity contribution in [3.63, 3.8) is 0 Å². The summed E-state index contributed by atoms with van der Waals surface area (Å²) >= 11 is 0. The van der Waals surface area contributed by atoms with Crippen molar-refractivity contribution in [3.05, 3.63) is 0 Å². The quantitative estimate of drug-likeness (QED) is 0.273. The van der Waals surface area contributed by atoms with Gasteiger partial charge in [0.05, 0.1) is 6.61 Å². The van der Waals surface area contributed by atoms with Crippen LogP contribution in [0.5, 0.6) is 0 Å². The molecule has 0 atom stereocenters. The Bertz CT molecular complexity index is 138. The lowest BCUT2D eigenvalue weighted by Crippen LogP contribution is -2.29. The van der Waals surface area contributed by atoms with E-state index in [9.17, 15) is 9.59 Å². The van der Waals surface area contributed by atoms with E-state index in [2.05, 4.69) is 10.1 Å². The molecule has 0 aliphatic carbocycles. The van der Waals surface area contributed by atoms with Gasteiger partial charge in [-0.3, -0.25) is 9.59 Å². The second kappa shape index (κ2) is 7.96. The van der Waals surface area contributed by atoms with Crippen molar-refractivity contribution in [2.45, 2.75) is 0 Å². The van der Waals surface area contributed by atoms with Crippen LogP contribution in [0.2, 0.25) is 0 Å². The summed E-state index contributed by atoms with van der Waals surface area (Å²) in [6.45, 7) is 0.122. The Morgan fingerprint density at radius 3 is 2.92 bits per heavy atom. The van der Waals surface area contributed by atoms with E-state index in [1.54, 1.807) is 0 Å². The molecule has 0 spiro atoms. The monoisotopic (exact) mass is 177 g/mol. The van der Waals surface area contributed by atoms with Crippen LogP contribution in [0.3, 0.4) is 0 Å². The molecule has 12 heavy (non-hydrogen) atoms. The van der Waals surface area contributed by atoms with Crippen molar-refractivity contribution in [1.29, 1.82) is 0 Å². The summed E-state index contributed by atoms with van der Waals surface area (Å²) in [6.07, 6.45) is 0. The van der Waals surface area contributed by atoms with Crippen LogP contribution >= 0.6 is 0 Å². The first-order valence-corrected chi connectivity index (χ1v) is 3.31. The molecule has 6 nitrogen and oxygen atoms in total. The first-order chi connectivity index (χ1) is 5.81. The van der Waals surface area contributed by atoms with E-state index in [-0.39, 0.29) is 26.4 Å². The van der Waals surface area contributed by atoms with E-state index in [1.807, 2.05) is 0 Å². The van der Waals surface area contributed by atoms with Gasteiger partial charge >= 0.3 is 0 Å². The molecule has 2 N–H and O–H groups in total. The van der Waals surface area contributed by atoms with Gasteiger partial charge in [-0.05, 0) is 0 Å². The topological polar surface area (TPSA) is 84.9 Å². The summed E-state index contributed by atoms with van der Waals surface area (Å²) in [6, 6.07) is 0. The number of aliphatic hydroxyl groups is 1. The standard InChI is InChI=1S/C6H11NO5/c8-3-6(10)7-1-2-11-5-12-4-9/h4,8H,1-3,5H2,(H,7,10). The highest BCUT2D eigenvalue weighted by Gasteiger charge is 1.95. The van der Waals surface area contributed by atoms with Crippen LogP contribution in [0.25, 0.3) is 0 Å². The fraction of sp³-hybridized carbons (Fsp3) is 0.667. The number of rotatable bonds is 7. The lowest BCUT2D eigenvalue weighted by molar-refractivity contribution is -0.141. The van der Waals surface area contributed by atoms with Crippen LogP contribution in [0.1, 0.15) is 0 Å². The number of carbonyl (C=O) groups excluding carboxylic acids is 2. The van der Waals surface area contributed by atoms with Crippen molar-refractivity contribution in [2.24, 2.45) is 0 Å². The Morgan fingerprint density at radius 2 is 2.33 bits per heavy atom.